The lowest BCUT2D eigenvalue weighted by Gasteiger charge is -2.35. The van der Waals surface area contributed by atoms with Crippen LogP contribution >= 0.6 is 0 Å². The van der Waals surface area contributed by atoms with Gasteiger partial charge in [0.1, 0.15) is 17.9 Å². The minimum absolute atomic E-state index is 0.606. The Kier molecular flexibility index (Phi) is 3.65. The zero-order chi connectivity index (χ0) is 14.4. The van der Waals surface area contributed by atoms with Crippen LogP contribution in [0.1, 0.15) is 69.9 Å². The van der Waals surface area contributed by atoms with Gasteiger partial charge in [-0.2, -0.15) is 0 Å². The average molecular weight is 276 g/mol. The van der Waals surface area contributed by atoms with Gasteiger partial charge in [0, 0.05) is 37.3 Å². The van der Waals surface area contributed by atoms with Crippen LogP contribution in [0.5, 0.6) is 0 Å². The van der Waals surface area contributed by atoms with E-state index in [1.54, 1.807) is 0 Å². The van der Waals surface area contributed by atoms with Gasteiger partial charge in [-0.05, 0) is 19.9 Å². The van der Waals surface area contributed by atoms with Gasteiger partial charge in [0.25, 0.3) is 5.82 Å². The number of rotatable bonds is 3. The minimum Gasteiger partial charge on any atom is -0.300 e. The highest BCUT2D eigenvalue weighted by atomic mass is 15.2. The zero-order valence-electron chi connectivity index (χ0n) is 13.8. The summed E-state index contributed by atoms with van der Waals surface area (Å²) in [6.07, 6.45) is 9.06. The molecule has 2 atom stereocenters. The van der Waals surface area contributed by atoms with E-state index in [0.29, 0.717) is 5.92 Å². The number of imidazole rings is 1. The Hall–Kier alpha value is -0.830. The van der Waals surface area contributed by atoms with Gasteiger partial charge in [0.15, 0.2) is 0 Å². The molecule has 2 aliphatic heterocycles. The molecule has 2 saturated heterocycles. The Morgan fingerprint density at radius 2 is 1.80 bits per heavy atom. The second-order valence-corrected chi connectivity index (χ2v) is 7.12. The molecule has 1 aromatic heterocycles. The van der Waals surface area contributed by atoms with Crippen LogP contribution in [0.25, 0.3) is 0 Å². The third kappa shape index (κ3) is 2.11. The third-order valence-corrected chi connectivity index (χ3v) is 5.72. The van der Waals surface area contributed by atoms with Crippen LogP contribution in [0.3, 0.4) is 0 Å². The fourth-order valence-electron chi connectivity index (χ4n) is 4.51. The fraction of sp³-hybridized carbons (Fsp3) is 0.824. The van der Waals surface area contributed by atoms with E-state index in [1.165, 1.54) is 37.2 Å². The Bertz CT molecular complexity index is 475. The van der Waals surface area contributed by atoms with Gasteiger partial charge < -0.3 is 4.90 Å². The fourth-order valence-corrected chi connectivity index (χ4v) is 4.51. The molecule has 2 bridgehead atoms. The van der Waals surface area contributed by atoms with Gasteiger partial charge in [-0.3, -0.25) is 0 Å². The molecule has 2 aliphatic rings. The maximum absolute atomic E-state index is 2.63. The first-order chi connectivity index (χ1) is 9.52. The molecule has 2 fully saturated rings. The molecule has 0 aromatic carbocycles. The summed E-state index contributed by atoms with van der Waals surface area (Å²) in [6, 6.07) is 2.36. The summed E-state index contributed by atoms with van der Waals surface area (Å²) >= 11 is 0. The van der Waals surface area contributed by atoms with Crippen LogP contribution < -0.4 is 4.57 Å². The zero-order valence-corrected chi connectivity index (χ0v) is 13.8. The number of fused-ring (bicyclic) bond motifs is 2. The molecule has 3 rings (SSSR count). The second kappa shape index (κ2) is 5.18. The molecule has 0 N–H and O–H groups in total. The number of aromatic nitrogens is 2. The van der Waals surface area contributed by atoms with Gasteiger partial charge in [-0.15, -0.1) is 0 Å². The first-order valence-corrected chi connectivity index (χ1v) is 8.34. The summed E-state index contributed by atoms with van der Waals surface area (Å²) in [4.78, 5) is 2.63. The lowest BCUT2D eigenvalue weighted by atomic mass is 9.97. The molecule has 20 heavy (non-hydrogen) atoms. The van der Waals surface area contributed by atoms with E-state index in [1.807, 2.05) is 0 Å². The van der Waals surface area contributed by atoms with Gasteiger partial charge in [-0.1, -0.05) is 20.8 Å². The smallest absolute Gasteiger partial charge is 0.256 e. The summed E-state index contributed by atoms with van der Waals surface area (Å²) in [7, 11) is 4.57. The Balaban J connectivity index is 1.93. The largest absolute Gasteiger partial charge is 0.300 e. The van der Waals surface area contributed by atoms with Crippen molar-refractivity contribution < 1.29 is 4.57 Å². The van der Waals surface area contributed by atoms with Crippen LogP contribution in [-0.4, -0.2) is 28.6 Å². The maximum Gasteiger partial charge on any atom is 0.256 e. The maximum atomic E-state index is 2.63. The topological polar surface area (TPSA) is 12.0 Å². The lowest BCUT2D eigenvalue weighted by Crippen LogP contribution is -2.51. The van der Waals surface area contributed by atoms with Crippen molar-refractivity contribution in [2.75, 3.05) is 7.05 Å². The van der Waals surface area contributed by atoms with Crippen molar-refractivity contribution in [2.45, 2.75) is 76.9 Å². The van der Waals surface area contributed by atoms with Crippen molar-refractivity contribution in [2.24, 2.45) is 7.05 Å². The Morgan fingerprint density at radius 1 is 1.20 bits per heavy atom. The van der Waals surface area contributed by atoms with Crippen molar-refractivity contribution in [1.82, 2.24) is 9.47 Å². The molecular formula is C17H30N3+. The SMILES string of the molecule is CCc1n(C)c(C(C)C)c[n+]1C1CC2CCC(C1)N2C. The summed E-state index contributed by atoms with van der Waals surface area (Å²) < 4.78 is 5.05. The number of hydrogen-bond donors (Lipinski definition) is 0. The lowest BCUT2D eigenvalue weighted by molar-refractivity contribution is -0.733. The summed E-state index contributed by atoms with van der Waals surface area (Å²) in [6.45, 7) is 6.90. The third-order valence-electron chi connectivity index (χ3n) is 5.72. The molecule has 2 unspecified atom stereocenters. The Morgan fingerprint density at radius 3 is 2.30 bits per heavy atom. The predicted molar refractivity (Wildman–Crippen MR) is 81.9 cm³/mol. The summed E-state index contributed by atoms with van der Waals surface area (Å²) in [5, 5.41) is 0. The van der Waals surface area contributed by atoms with Crippen LogP contribution in [0.15, 0.2) is 6.20 Å². The minimum atomic E-state index is 0.606. The highest BCUT2D eigenvalue weighted by Crippen LogP contribution is 2.38. The molecule has 3 nitrogen and oxygen atoms in total. The van der Waals surface area contributed by atoms with Crippen molar-refractivity contribution in [1.29, 1.82) is 0 Å². The molecular weight excluding hydrogens is 246 g/mol. The molecule has 3 heteroatoms. The van der Waals surface area contributed by atoms with Gasteiger partial charge >= 0.3 is 0 Å². The molecule has 0 aliphatic carbocycles. The molecule has 112 valence electrons. The molecule has 3 heterocycles. The molecule has 0 radical (unpaired) electrons. The number of hydrogen-bond acceptors (Lipinski definition) is 1. The Labute approximate surface area is 123 Å². The molecule has 0 amide bonds. The van der Waals surface area contributed by atoms with E-state index in [4.69, 9.17) is 0 Å². The highest BCUT2D eigenvalue weighted by Gasteiger charge is 2.42. The number of piperidine rings is 1. The van der Waals surface area contributed by atoms with Crippen molar-refractivity contribution in [3.8, 4) is 0 Å². The molecule has 1 aromatic rings. The van der Waals surface area contributed by atoms with Crippen molar-refractivity contribution in [3.63, 3.8) is 0 Å². The molecule has 0 spiro atoms. The standard InChI is InChI=1S/C17H30N3/c1-6-17-19(5)16(12(2)3)11-20(17)15-9-13-7-8-14(10-15)18(13)4/h11-15H,6-10H2,1-5H3/q+1. The monoisotopic (exact) mass is 276 g/mol. The first-order valence-electron chi connectivity index (χ1n) is 8.34. The van der Waals surface area contributed by atoms with E-state index in [2.05, 4.69) is 55.1 Å². The molecule has 0 saturated carbocycles. The number of nitrogens with zero attached hydrogens (tertiary/aromatic N) is 3. The van der Waals surface area contributed by atoms with Gasteiger partial charge in [0.2, 0.25) is 0 Å². The van der Waals surface area contributed by atoms with Crippen LogP contribution in [-0.2, 0) is 13.5 Å². The first kappa shape index (κ1) is 14.1. The van der Waals surface area contributed by atoms with Gasteiger partial charge in [-0.25, -0.2) is 9.13 Å². The highest BCUT2D eigenvalue weighted by molar-refractivity contribution is 5.04. The van der Waals surface area contributed by atoms with E-state index in [0.717, 1.165) is 24.5 Å². The quantitative estimate of drug-likeness (QED) is 0.773. The summed E-state index contributed by atoms with van der Waals surface area (Å²) in [5.74, 6) is 2.11. The normalized spacial score (nSPS) is 30.4. The van der Waals surface area contributed by atoms with E-state index in [-0.39, 0.29) is 0 Å². The van der Waals surface area contributed by atoms with Gasteiger partial charge in [0.05, 0.1) is 7.05 Å². The van der Waals surface area contributed by atoms with E-state index < -0.39 is 0 Å². The van der Waals surface area contributed by atoms with Crippen LogP contribution in [0.2, 0.25) is 0 Å². The summed E-state index contributed by atoms with van der Waals surface area (Å²) in [5.41, 5.74) is 1.48. The van der Waals surface area contributed by atoms with Crippen molar-refractivity contribution >= 4 is 0 Å². The van der Waals surface area contributed by atoms with Crippen LogP contribution in [0, 0.1) is 0 Å². The van der Waals surface area contributed by atoms with Crippen molar-refractivity contribution in [3.05, 3.63) is 17.7 Å². The van der Waals surface area contributed by atoms with Crippen LogP contribution in [0.4, 0.5) is 0 Å². The predicted octanol–water partition coefficient (Wildman–Crippen LogP) is 2.80. The average Bonchev–Trinajstić information content (AvgIpc) is 2.82. The second-order valence-electron chi connectivity index (χ2n) is 7.12. The van der Waals surface area contributed by atoms with E-state index in [9.17, 15) is 0 Å². The van der Waals surface area contributed by atoms with E-state index >= 15 is 0 Å².